The van der Waals surface area contributed by atoms with Crippen molar-refractivity contribution in [3.05, 3.63) is 57.3 Å². The molecule has 0 bridgehead atoms. The summed E-state index contributed by atoms with van der Waals surface area (Å²) in [7, 11) is 0. The number of nitrogens with one attached hydrogen (secondary N) is 1. The van der Waals surface area contributed by atoms with Crippen molar-refractivity contribution < 1.29 is 18.7 Å². The minimum absolute atomic E-state index is 0.195. The van der Waals surface area contributed by atoms with Gasteiger partial charge in [-0.1, -0.05) is 17.9 Å². The highest BCUT2D eigenvalue weighted by Gasteiger charge is 2.14. The molecule has 108 valence electrons. The molecule has 1 heterocycles. The predicted octanol–water partition coefficient (Wildman–Crippen LogP) is 2.30. The Morgan fingerprint density at radius 2 is 2.10 bits per heavy atom. The van der Waals surface area contributed by atoms with E-state index in [-0.39, 0.29) is 18.7 Å². The Morgan fingerprint density at radius 3 is 2.86 bits per heavy atom. The first-order valence-corrected chi connectivity index (χ1v) is 6.84. The number of hydrogen-bond acceptors (Lipinski definition) is 3. The summed E-state index contributed by atoms with van der Waals surface area (Å²) in [5, 5.41) is 11.1. The normalized spacial score (nSPS) is 9.86. The van der Waals surface area contributed by atoms with E-state index in [1.807, 2.05) is 0 Å². The quantitative estimate of drug-likeness (QED) is 0.855. The molecule has 0 aliphatic carbocycles. The molecule has 1 aromatic heterocycles. The van der Waals surface area contributed by atoms with Crippen LogP contribution >= 0.6 is 11.3 Å². The molecule has 0 atom stereocenters. The van der Waals surface area contributed by atoms with Crippen molar-refractivity contribution in [3.8, 4) is 11.8 Å². The molecule has 0 aliphatic heterocycles. The smallest absolute Gasteiger partial charge is 0.254 e. The lowest BCUT2D eigenvalue weighted by Gasteiger charge is -2.05. The first kappa shape index (κ1) is 15.2. The Morgan fingerprint density at radius 1 is 1.29 bits per heavy atom. The first-order chi connectivity index (χ1) is 10.1. The molecule has 6 heteroatoms. The third-order valence-electron chi connectivity index (χ3n) is 2.57. The highest BCUT2D eigenvalue weighted by molar-refractivity contribution is 7.12. The number of benzene rings is 1. The van der Waals surface area contributed by atoms with E-state index in [0.29, 0.717) is 0 Å². The lowest BCUT2D eigenvalue weighted by atomic mass is 10.2. The van der Waals surface area contributed by atoms with E-state index < -0.39 is 17.5 Å². The monoisotopic (exact) mass is 307 g/mol. The van der Waals surface area contributed by atoms with Gasteiger partial charge < -0.3 is 10.4 Å². The molecular weight excluding hydrogens is 296 g/mol. The molecule has 0 saturated heterocycles. The predicted molar refractivity (Wildman–Crippen MR) is 75.8 cm³/mol. The van der Waals surface area contributed by atoms with Gasteiger partial charge in [-0.05, 0) is 24.3 Å². The number of carbonyl (C=O) groups excluding carboxylic acids is 1. The second-order valence-corrected chi connectivity index (χ2v) is 5.18. The minimum atomic E-state index is -1.16. The number of hydrogen-bond donors (Lipinski definition) is 2. The average molecular weight is 307 g/mol. The summed E-state index contributed by atoms with van der Waals surface area (Å²) in [5.74, 6) is 2.38. The highest BCUT2D eigenvalue weighted by Crippen LogP contribution is 2.16. The Labute approximate surface area is 124 Å². The summed E-state index contributed by atoms with van der Waals surface area (Å²) >= 11 is 1.35. The van der Waals surface area contributed by atoms with Crippen LogP contribution in [0, 0.1) is 23.5 Å². The number of rotatable bonds is 3. The summed E-state index contributed by atoms with van der Waals surface area (Å²) in [4.78, 5) is 13.4. The number of aliphatic hydroxyl groups excluding tert-OH is 1. The SMILES string of the molecule is O=C(NCc1ccc(C#CCO)s1)c1cccc(F)c1F. The molecule has 21 heavy (non-hydrogen) atoms. The zero-order chi connectivity index (χ0) is 15.2. The number of carbonyl (C=O) groups is 1. The minimum Gasteiger partial charge on any atom is -0.384 e. The highest BCUT2D eigenvalue weighted by atomic mass is 32.1. The third-order valence-corrected chi connectivity index (χ3v) is 3.57. The van der Waals surface area contributed by atoms with Gasteiger partial charge >= 0.3 is 0 Å². The Hall–Kier alpha value is -2.23. The van der Waals surface area contributed by atoms with E-state index in [4.69, 9.17) is 5.11 Å². The summed E-state index contributed by atoms with van der Waals surface area (Å²) in [5.41, 5.74) is -0.327. The summed E-state index contributed by atoms with van der Waals surface area (Å²) in [6.45, 7) is -0.0247. The fourth-order valence-electron chi connectivity index (χ4n) is 1.61. The van der Waals surface area contributed by atoms with Crippen molar-refractivity contribution in [2.24, 2.45) is 0 Å². The van der Waals surface area contributed by atoms with Gasteiger partial charge in [0.25, 0.3) is 5.91 Å². The third kappa shape index (κ3) is 3.88. The fraction of sp³-hybridized carbons (Fsp3) is 0.133. The van der Waals surface area contributed by atoms with Crippen LogP contribution in [-0.2, 0) is 6.54 Å². The molecule has 0 unspecified atom stereocenters. The van der Waals surface area contributed by atoms with Gasteiger partial charge in [-0.3, -0.25) is 4.79 Å². The molecule has 2 rings (SSSR count). The molecule has 3 nitrogen and oxygen atoms in total. The molecule has 0 saturated carbocycles. The van der Waals surface area contributed by atoms with E-state index in [1.54, 1.807) is 12.1 Å². The van der Waals surface area contributed by atoms with Crippen LogP contribution in [0.15, 0.2) is 30.3 Å². The maximum absolute atomic E-state index is 13.4. The van der Waals surface area contributed by atoms with Crippen molar-refractivity contribution in [3.63, 3.8) is 0 Å². The van der Waals surface area contributed by atoms with Crippen molar-refractivity contribution in [1.82, 2.24) is 5.32 Å². The van der Waals surface area contributed by atoms with Crippen molar-refractivity contribution in [1.29, 1.82) is 0 Å². The van der Waals surface area contributed by atoms with Crippen LogP contribution in [0.4, 0.5) is 8.78 Å². The van der Waals surface area contributed by atoms with Crippen LogP contribution in [-0.4, -0.2) is 17.6 Å². The van der Waals surface area contributed by atoms with E-state index >= 15 is 0 Å². The molecule has 0 aliphatic rings. The largest absolute Gasteiger partial charge is 0.384 e. The van der Waals surface area contributed by atoms with Gasteiger partial charge in [0.15, 0.2) is 11.6 Å². The number of aliphatic hydroxyl groups is 1. The Balaban J connectivity index is 2.01. The van der Waals surface area contributed by atoms with E-state index in [9.17, 15) is 13.6 Å². The van der Waals surface area contributed by atoms with Crippen LogP contribution in [0.5, 0.6) is 0 Å². The van der Waals surface area contributed by atoms with E-state index in [2.05, 4.69) is 17.2 Å². The average Bonchev–Trinajstić information content (AvgIpc) is 2.93. The van der Waals surface area contributed by atoms with Gasteiger partial charge in [-0.15, -0.1) is 11.3 Å². The lowest BCUT2D eigenvalue weighted by molar-refractivity contribution is 0.0946. The summed E-state index contributed by atoms with van der Waals surface area (Å²) in [6.07, 6.45) is 0. The standard InChI is InChI=1S/C15H11F2NO2S/c16-13-5-1-4-12(14(13)17)15(20)18-9-11-7-6-10(21-11)3-2-8-19/h1,4-7,19H,8-9H2,(H,18,20). The fourth-order valence-corrected chi connectivity index (χ4v) is 2.43. The number of thiophene rings is 1. The molecule has 2 aromatic rings. The van der Waals surface area contributed by atoms with E-state index in [0.717, 1.165) is 15.8 Å². The van der Waals surface area contributed by atoms with Crippen molar-refractivity contribution >= 4 is 17.2 Å². The zero-order valence-electron chi connectivity index (χ0n) is 10.8. The van der Waals surface area contributed by atoms with Crippen LogP contribution in [0.3, 0.4) is 0 Å². The second kappa shape index (κ2) is 6.97. The first-order valence-electron chi connectivity index (χ1n) is 6.02. The molecule has 0 spiro atoms. The van der Waals surface area contributed by atoms with Crippen molar-refractivity contribution in [2.45, 2.75) is 6.54 Å². The molecule has 2 N–H and O–H groups in total. The second-order valence-electron chi connectivity index (χ2n) is 4.01. The Kier molecular flexibility index (Phi) is 5.04. The molecule has 0 fully saturated rings. The van der Waals surface area contributed by atoms with Gasteiger partial charge in [0.1, 0.15) is 6.61 Å². The maximum atomic E-state index is 13.4. The number of halogens is 2. The lowest BCUT2D eigenvalue weighted by Crippen LogP contribution is -2.23. The topological polar surface area (TPSA) is 49.3 Å². The summed E-state index contributed by atoms with van der Waals surface area (Å²) < 4.78 is 26.5. The van der Waals surface area contributed by atoms with Gasteiger partial charge in [0, 0.05) is 4.88 Å². The van der Waals surface area contributed by atoms with Crippen molar-refractivity contribution in [2.75, 3.05) is 6.61 Å². The van der Waals surface area contributed by atoms with Crippen LogP contribution in [0.1, 0.15) is 20.1 Å². The molecule has 1 amide bonds. The van der Waals surface area contributed by atoms with Gasteiger partial charge in [-0.25, -0.2) is 8.78 Å². The van der Waals surface area contributed by atoms with Crippen LogP contribution in [0.25, 0.3) is 0 Å². The maximum Gasteiger partial charge on any atom is 0.254 e. The van der Waals surface area contributed by atoms with Gasteiger partial charge in [0.05, 0.1) is 17.0 Å². The zero-order valence-corrected chi connectivity index (χ0v) is 11.6. The van der Waals surface area contributed by atoms with E-state index in [1.165, 1.54) is 23.5 Å². The molecule has 0 radical (unpaired) electrons. The Bertz CT molecular complexity index is 716. The van der Waals surface area contributed by atoms with Crippen LogP contribution < -0.4 is 5.32 Å². The summed E-state index contributed by atoms with van der Waals surface area (Å²) in [6, 6.07) is 6.99. The molecule has 1 aromatic carbocycles. The molecular formula is C15H11F2NO2S. The van der Waals surface area contributed by atoms with Gasteiger partial charge in [0.2, 0.25) is 0 Å². The van der Waals surface area contributed by atoms with Gasteiger partial charge in [-0.2, -0.15) is 0 Å². The number of amides is 1. The van der Waals surface area contributed by atoms with Crippen LogP contribution in [0.2, 0.25) is 0 Å².